The number of anilines is 2. The third-order valence-electron chi connectivity index (χ3n) is 3.11. The summed E-state index contributed by atoms with van der Waals surface area (Å²) < 4.78 is 1.59. The molecule has 7 nitrogen and oxygen atoms in total. The van der Waals surface area contributed by atoms with E-state index in [1.165, 1.54) is 0 Å². The molecule has 0 atom stereocenters. The van der Waals surface area contributed by atoms with Crippen LogP contribution in [0.5, 0.6) is 0 Å². The van der Waals surface area contributed by atoms with Crippen LogP contribution in [0.25, 0.3) is 0 Å². The molecule has 0 unspecified atom stereocenters. The van der Waals surface area contributed by atoms with Gasteiger partial charge in [0, 0.05) is 24.8 Å². The molecule has 0 spiro atoms. The lowest BCUT2D eigenvalue weighted by Crippen LogP contribution is -2.17. The van der Waals surface area contributed by atoms with Crippen LogP contribution in [0.1, 0.15) is 27.3 Å². The standard InChI is InChI=1S/C13H18N6O/c1-7-4-10(11(13(15)20)8(2)18-7)16-5-9-6-17-19(3)12(9)14/h4,6H,5,14H2,1-3H3,(H2,15,20)(H,16,18). The SMILES string of the molecule is Cc1cc(NCc2cnn(C)c2N)c(C(N)=O)c(C)n1. The molecule has 2 rings (SSSR count). The summed E-state index contributed by atoms with van der Waals surface area (Å²) in [6.07, 6.45) is 1.69. The Morgan fingerprint density at radius 2 is 2.15 bits per heavy atom. The molecule has 106 valence electrons. The van der Waals surface area contributed by atoms with Crippen molar-refractivity contribution in [2.24, 2.45) is 12.8 Å². The Balaban J connectivity index is 2.29. The molecule has 1 amide bonds. The summed E-state index contributed by atoms with van der Waals surface area (Å²) in [5.74, 6) is 0.0808. The van der Waals surface area contributed by atoms with Gasteiger partial charge < -0.3 is 16.8 Å². The predicted octanol–water partition coefficient (Wildman–Crippen LogP) is 0.725. The molecule has 0 aromatic carbocycles. The number of hydrogen-bond donors (Lipinski definition) is 3. The molecule has 20 heavy (non-hydrogen) atoms. The van der Waals surface area contributed by atoms with Gasteiger partial charge in [-0.1, -0.05) is 0 Å². The highest BCUT2D eigenvalue weighted by Gasteiger charge is 2.14. The van der Waals surface area contributed by atoms with Crippen LogP contribution in [0, 0.1) is 13.8 Å². The molecule has 5 N–H and O–H groups in total. The predicted molar refractivity (Wildman–Crippen MR) is 77.2 cm³/mol. The van der Waals surface area contributed by atoms with E-state index in [9.17, 15) is 4.79 Å². The highest BCUT2D eigenvalue weighted by molar-refractivity contribution is 5.99. The van der Waals surface area contributed by atoms with E-state index in [-0.39, 0.29) is 0 Å². The van der Waals surface area contributed by atoms with Crippen molar-refractivity contribution in [3.05, 3.63) is 34.8 Å². The number of rotatable bonds is 4. The van der Waals surface area contributed by atoms with E-state index >= 15 is 0 Å². The van der Waals surface area contributed by atoms with Crippen LogP contribution in [0.2, 0.25) is 0 Å². The van der Waals surface area contributed by atoms with Gasteiger partial charge in [-0.2, -0.15) is 5.10 Å². The zero-order chi connectivity index (χ0) is 14.9. The van der Waals surface area contributed by atoms with Crippen molar-refractivity contribution >= 4 is 17.4 Å². The Labute approximate surface area is 117 Å². The number of hydrogen-bond acceptors (Lipinski definition) is 5. The molecule has 0 radical (unpaired) electrons. The summed E-state index contributed by atoms with van der Waals surface area (Å²) >= 11 is 0. The number of carbonyl (C=O) groups is 1. The fourth-order valence-electron chi connectivity index (χ4n) is 2.10. The number of nitrogens with zero attached hydrogens (tertiary/aromatic N) is 3. The number of aryl methyl sites for hydroxylation is 3. The Kier molecular flexibility index (Phi) is 3.60. The number of primary amides is 1. The van der Waals surface area contributed by atoms with Crippen molar-refractivity contribution in [2.75, 3.05) is 11.1 Å². The summed E-state index contributed by atoms with van der Waals surface area (Å²) in [6, 6.07) is 1.79. The van der Waals surface area contributed by atoms with Gasteiger partial charge in [-0.05, 0) is 19.9 Å². The van der Waals surface area contributed by atoms with Crippen LogP contribution in [0.15, 0.2) is 12.3 Å². The average Bonchev–Trinajstić information content (AvgIpc) is 2.66. The highest BCUT2D eigenvalue weighted by Crippen LogP contribution is 2.21. The topological polar surface area (TPSA) is 112 Å². The fourth-order valence-corrected chi connectivity index (χ4v) is 2.10. The van der Waals surface area contributed by atoms with E-state index in [4.69, 9.17) is 11.5 Å². The molecule has 0 fully saturated rings. The summed E-state index contributed by atoms with van der Waals surface area (Å²) in [4.78, 5) is 15.8. The van der Waals surface area contributed by atoms with Crippen LogP contribution in [0.3, 0.4) is 0 Å². The van der Waals surface area contributed by atoms with E-state index in [0.29, 0.717) is 29.3 Å². The van der Waals surface area contributed by atoms with E-state index in [0.717, 1.165) is 11.3 Å². The third-order valence-corrected chi connectivity index (χ3v) is 3.11. The minimum atomic E-state index is -0.503. The van der Waals surface area contributed by atoms with Gasteiger partial charge in [0.05, 0.1) is 23.1 Å². The molecule has 0 saturated carbocycles. The Bertz CT molecular complexity index is 661. The monoisotopic (exact) mass is 274 g/mol. The molecule has 0 saturated heterocycles. The summed E-state index contributed by atoms with van der Waals surface area (Å²) in [5, 5.41) is 7.24. The maximum atomic E-state index is 11.5. The van der Waals surface area contributed by atoms with Crippen LogP contribution >= 0.6 is 0 Å². The Morgan fingerprint density at radius 3 is 2.70 bits per heavy atom. The van der Waals surface area contributed by atoms with Gasteiger partial charge in [0.2, 0.25) is 0 Å². The maximum Gasteiger partial charge on any atom is 0.252 e. The van der Waals surface area contributed by atoms with Gasteiger partial charge >= 0.3 is 0 Å². The van der Waals surface area contributed by atoms with Crippen LogP contribution in [-0.2, 0) is 13.6 Å². The molecular weight excluding hydrogens is 256 g/mol. The average molecular weight is 274 g/mol. The van der Waals surface area contributed by atoms with Gasteiger partial charge in [0.25, 0.3) is 5.91 Å². The lowest BCUT2D eigenvalue weighted by atomic mass is 10.1. The third kappa shape index (κ3) is 2.56. The first kappa shape index (κ1) is 13.9. The van der Waals surface area contributed by atoms with Crippen molar-refractivity contribution in [1.29, 1.82) is 0 Å². The van der Waals surface area contributed by atoms with Gasteiger partial charge in [-0.25, -0.2) is 0 Å². The van der Waals surface area contributed by atoms with Crippen molar-refractivity contribution in [3.8, 4) is 0 Å². The van der Waals surface area contributed by atoms with Gasteiger partial charge in [-0.15, -0.1) is 0 Å². The maximum absolute atomic E-state index is 11.5. The van der Waals surface area contributed by atoms with E-state index in [1.807, 2.05) is 6.92 Å². The molecule has 2 heterocycles. The highest BCUT2D eigenvalue weighted by atomic mass is 16.1. The van der Waals surface area contributed by atoms with Crippen molar-refractivity contribution in [3.63, 3.8) is 0 Å². The zero-order valence-corrected chi connectivity index (χ0v) is 11.8. The number of nitrogen functional groups attached to an aromatic ring is 1. The smallest absolute Gasteiger partial charge is 0.252 e. The molecular formula is C13H18N6O. The fraction of sp³-hybridized carbons (Fsp3) is 0.308. The summed E-state index contributed by atoms with van der Waals surface area (Å²) in [5.41, 5.74) is 14.6. The molecule has 2 aromatic heterocycles. The molecule has 0 aliphatic carbocycles. The first-order chi connectivity index (χ1) is 9.40. The van der Waals surface area contributed by atoms with Crippen LogP contribution < -0.4 is 16.8 Å². The molecule has 0 aliphatic rings. The summed E-state index contributed by atoms with van der Waals surface area (Å²) in [6.45, 7) is 4.08. The lowest BCUT2D eigenvalue weighted by molar-refractivity contribution is 0.1000. The Morgan fingerprint density at radius 1 is 1.45 bits per heavy atom. The number of nitrogens with two attached hydrogens (primary N) is 2. The molecule has 2 aromatic rings. The van der Waals surface area contributed by atoms with Crippen molar-refractivity contribution < 1.29 is 4.79 Å². The number of nitrogens with one attached hydrogen (secondary N) is 1. The second-order valence-corrected chi connectivity index (χ2v) is 4.67. The zero-order valence-electron chi connectivity index (χ0n) is 11.8. The molecule has 0 aliphatic heterocycles. The Hall–Kier alpha value is -2.57. The normalized spacial score (nSPS) is 10.6. The number of aromatic nitrogens is 3. The van der Waals surface area contributed by atoms with E-state index in [2.05, 4.69) is 15.4 Å². The second-order valence-electron chi connectivity index (χ2n) is 4.67. The minimum Gasteiger partial charge on any atom is -0.384 e. The number of pyridine rings is 1. The molecule has 0 bridgehead atoms. The second kappa shape index (κ2) is 5.20. The molecule has 7 heteroatoms. The first-order valence-electron chi connectivity index (χ1n) is 6.18. The van der Waals surface area contributed by atoms with Crippen LogP contribution in [0.4, 0.5) is 11.5 Å². The number of amides is 1. The van der Waals surface area contributed by atoms with Crippen LogP contribution in [-0.4, -0.2) is 20.7 Å². The van der Waals surface area contributed by atoms with Gasteiger partial charge in [0.1, 0.15) is 5.82 Å². The number of carbonyl (C=O) groups excluding carboxylic acids is 1. The van der Waals surface area contributed by atoms with E-state index in [1.54, 1.807) is 30.9 Å². The minimum absolute atomic E-state index is 0.401. The van der Waals surface area contributed by atoms with Gasteiger partial charge in [0.15, 0.2) is 0 Å². The van der Waals surface area contributed by atoms with Gasteiger partial charge in [-0.3, -0.25) is 14.5 Å². The largest absolute Gasteiger partial charge is 0.384 e. The van der Waals surface area contributed by atoms with E-state index < -0.39 is 5.91 Å². The quantitative estimate of drug-likeness (QED) is 0.760. The van der Waals surface area contributed by atoms with Crippen molar-refractivity contribution in [1.82, 2.24) is 14.8 Å². The first-order valence-corrected chi connectivity index (χ1v) is 6.18. The van der Waals surface area contributed by atoms with Crippen molar-refractivity contribution in [2.45, 2.75) is 20.4 Å². The summed E-state index contributed by atoms with van der Waals surface area (Å²) in [7, 11) is 1.77. The lowest BCUT2D eigenvalue weighted by Gasteiger charge is -2.12.